The van der Waals surface area contributed by atoms with Gasteiger partial charge >= 0.3 is 0 Å². The molecule has 2 aromatic rings. The number of ether oxygens (including phenoxy) is 1. The molecule has 7 heteroatoms. The Labute approximate surface area is 158 Å². The number of hydrogen-bond acceptors (Lipinski definition) is 5. The first-order valence-electron chi connectivity index (χ1n) is 9.23. The molecule has 1 saturated heterocycles. The van der Waals surface area contributed by atoms with Crippen LogP contribution in [0.4, 0.5) is 0 Å². The monoisotopic (exact) mass is 368 g/mol. The molecule has 0 aliphatic carbocycles. The molecule has 2 aromatic heterocycles. The van der Waals surface area contributed by atoms with Crippen LogP contribution in [0, 0.1) is 0 Å². The molecule has 0 saturated carbocycles. The summed E-state index contributed by atoms with van der Waals surface area (Å²) in [6.07, 6.45) is 7.84. The first-order chi connectivity index (χ1) is 13.2. The second-order valence-electron chi connectivity index (χ2n) is 6.58. The van der Waals surface area contributed by atoms with Crippen LogP contribution in [0.3, 0.4) is 0 Å². The van der Waals surface area contributed by atoms with Crippen molar-refractivity contribution in [3.8, 4) is 5.75 Å². The van der Waals surface area contributed by atoms with Gasteiger partial charge in [0.15, 0.2) is 0 Å². The molecular weight excluding hydrogens is 344 g/mol. The number of nitrogens with one attached hydrogen (secondary N) is 2. The minimum Gasteiger partial charge on any atom is -0.492 e. The number of amides is 2. The minimum absolute atomic E-state index is 0.192. The summed E-state index contributed by atoms with van der Waals surface area (Å²) in [5, 5.41) is 5.60. The molecule has 0 aromatic carbocycles. The van der Waals surface area contributed by atoms with E-state index in [0.29, 0.717) is 25.2 Å². The molecule has 2 unspecified atom stereocenters. The summed E-state index contributed by atoms with van der Waals surface area (Å²) in [6.45, 7) is 2.77. The Morgan fingerprint density at radius 1 is 1.04 bits per heavy atom. The van der Waals surface area contributed by atoms with Gasteiger partial charge < -0.3 is 15.4 Å². The zero-order chi connectivity index (χ0) is 19.1. The fourth-order valence-electron chi connectivity index (χ4n) is 2.88. The molecule has 1 aliphatic heterocycles. The molecule has 2 atom stereocenters. The molecule has 0 spiro atoms. The SMILES string of the molecule is CCCCOc1ccc(CC2NC(=O)C(Cc3cccnc3)NC2=O)nc1. The van der Waals surface area contributed by atoms with E-state index in [1.807, 2.05) is 24.3 Å². The van der Waals surface area contributed by atoms with Gasteiger partial charge in [-0.3, -0.25) is 19.6 Å². The second kappa shape index (κ2) is 9.12. The maximum absolute atomic E-state index is 12.4. The van der Waals surface area contributed by atoms with Crippen molar-refractivity contribution < 1.29 is 14.3 Å². The lowest BCUT2D eigenvalue weighted by Crippen LogP contribution is -2.62. The summed E-state index contributed by atoms with van der Waals surface area (Å²) in [5.74, 6) is 0.317. The first-order valence-corrected chi connectivity index (χ1v) is 9.23. The molecule has 1 aliphatic rings. The van der Waals surface area contributed by atoms with Gasteiger partial charge in [0.05, 0.1) is 12.8 Å². The molecular formula is C20H24N4O3. The number of aromatic nitrogens is 2. The first kappa shape index (κ1) is 18.8. The van der Waals surface area contributed by atoms with Gasteiger partial charge in [0, 0.05) is 30.9 Å². The van der Waals surface area contributed by atoms with E-state index in [1.54, 1.807) is 18.6 Å². The summed E-state index contributed by atoms with van der Waals surface area (Å²) < 4.78 is 5.58. The number of piperazine rings is 1. The quantitative estimate of drug-likeness (QED) is 0.688. The maximum atomic E-state index is 12.4. The molecule has 0 bridgehead atoms. The van der Waals surface area contributed by atoms with Crippen LogP contribution < -0.4 is 15.4 Å². The van der Waals surface area contributed by atoms with Crippen molar-refractivity contribution in [2.75, 3.05) is 6.61 Å². The van der Waals surface area contributed by atoms with Crippen molar-refractivity contribution in [2.45, 2.75) is 44.7 Å². The normalized spacial score (nSPS) is 19.3. The third kappa shape index (κ3) is 5.26. The van der Waals surface area contributed by atoms with Crippen molar-refractivity contribution >= 4 is 11.8 Å². The summed E-state index contributed by atoms with van der Waals surface area (Å²) in [4.78, 5) is 33.1. The molecule has 142 valence electrons. The fraction of sp³-hybridized carbons (Fsp3) is 0.400. The third-order valence-corrected chi connectivity index (χ3v) is 4.41. The lowest BCUT2D eigenvalue weighted by atomic mass is 10.0. The van der Waals surface area contributed by atoms with E-state index in [9.17, 15) is 9.59 Å². The van der Waals surface area contributed by atoms with E-state index in [2.05, 4.69) is 27.5 Å². The zero-order valence-corrected chi connectivity index (χ0v) is 15.4. The maximum Gasteiger partial charge on any atom is 0.243 e. The molecule has 0 radical (unpaired) electrons. The molecule has 1 fully saturated rings. The Hall–Kier alpha value is -2.96. The van der Waals surface area contributed by atoms with Crippen molar-refractivity contribution in [3.05, 3.63) is 54.1 Å². The lowest BCUT2D eigenvalue weighted by Gasteiger charge is -2.29. The number of nitrogens with zero attached hydrogens (tertiary/aromatic N) is 2. The van der Waals surface area contributed by atoms with E-state index in [0.717, 1.165) is 24.1 Å². The number of hydrogen-bond donors (Lipinski definition) is 2. The van der Waals surface area contributed by atoms with Gasteiger partial charge in [-0.1, -0.05) is 19.4 Å². The molecule has 3 heterocycles. The van der Waals surface area contributed by atoms with Gasteiger partial charge in [-0.15, -0.1) is 0 Å². The largest absolute Gasteiger partial charge is 0.492 e. The molecule has 3 rings (SSSR count). The van der Waals surface area contributed by atoms with Crippen LogP contribution in [0.5, 0.6) is 5.75 Å². The Kier molecular flexibility index (Phi) is 6.35. The summed E-state index contributed by atoms with van der Waals surface area (Å²) in [6, 6.07) is 6.14. The van der Waals surface area contributed by atoms with Crippen LogP contribution in [0.2, 0.25) is 0 Å². The standard InChI is InChI=1S/C20H24N4O3/c1-2-3-9-27-16-7-6-15(22-13-16)11-18-20(26)23-17(19(25)24-18)10-14-5-4-8-21-12-14/h4-8,12-13,17-18H,2-3,9-11H2,1H3,(H,23,26)(H,24,25). The highest BCUT2D eigenvalue weighted by atomic mass is 16.5. The van der Waals surface area contributed by atoms with E-state index < -0.39 is 12.1 Å². The van der Waals surface area contributed by atoms with Crippen LogP contribution in [0.15, 0.2) is 42.9 Å². The fourth-order valence-corrected chi connectivity index (χ4v) is 2.88. The van der Waals surface area contributed by atoms with E-state index >= 15 is 0 Å². The Bertz CT molecular complexity index is 765. The Morgan fingerprint density at radius 3 is 2.44 bits per heavy atom. The topological polar surface area (TPSA) is 93.2 Å². The number of unbranched alkanes of at least 4 members (excludes halogenated alkanes) is 1. The lowest BCUT2D eigenvalue weighted by molar-refractivity contribution is -0.136. The highest BCUT2D eigenvalue weighted by Gasteiger charge is 2.33. The number of carbonyl (C=O) groups excluding carboxylic acids is 2. The number of rotatable bonds is 8. The highest BCUT2D eigenvalue weighted by molar-refractivity contribution is 5.97. The van der Waals surface area contributed by atoms with E-state index in [1.165, 1.54) is 0 Å². The van der Waals surface area contributed by atoms with Crippen molar-refractivity contribution in [2.24, 2.45) is 0 Å². The Balaban J connectivity index is 1.54. The molecule has 27 heavy (non-hydrogen) atoms. The van der Waals surface area contributed by atoms with Crippen LogP contribution in [-0.4, -0.2) is 40.5 Å². The van der Waals surface area contributed by atoms with Crippen molar-refractivity contribution in [3.63, 3.8) is 0 Å². The summed E-state index contributed by atoms with van der Waals surface area (Å²) in [7, 11) is 0. The average molecular weight is 368 g/mol. The van der Waals surface area contributed by atoms with Gasteiger partial charge in [0.2, 0.25) is 11.8 Å². The van der Waals surface area contributed by atoms with Crippen molar-refractivity contribution in [1.82, 2.24) is 20.6 Å². The zero-order valence-electron chi connectivity index (χ0n) is 15.4. The van der Waals surface area contributed by atoms with Crippen LogP contribution >= 0.6 is 0 Å². The number of pyridine rings is 2. The van der Waals surface area contributed by atoms with E-state index in [4.69, 9.17) is 4.74 Å². The summed E-state index contributed by atoms with van der Waals surface area (Å²) in [5.41, 5.74) is 1.63. The average Bonchev–Trinajstić information content (AvgIpc) is 2.68. The third-order valence-electron chi connectivity index (χ3n) is 4.41. The van der Waals surface area contributed by atoms with Gasteiger partial charge in [-0.05, 0) is 30.2 Å². The Morgan fingerprint density at radius 2 is 1.81 bits per heavy atom. The van der Waals surface area contributed by atoms with Crippen LogP contribution in [0.1, 0.15) is 31.0 Å². The molecule has 7 nitrogen and oxygen atoms in total. The minimum atomic E-state index is -0.623. The molecule has 2 amide bonds. The smallest absolute Gasteiger partial charge is 0.243 e. The highest BCUT2D eigenvalue weighted by Crippen LogP contribution is 2.13. The summed E-state index contributed by atoms with van der Waals surface area (Å²) >= 11 is 0. The van der Waals surface area contributed by atoms with Gasteiger partial charge in [-0.25, -0.2) is 0 Å². The van der Waals surface area contributed by atoms with Gasteiger partial charge in [0.25, 0.3) is 0 Å². The van der Waals surface area contributed by atoms with Crippen molar-refractivity contribution in [1.29, 1.82) is 0 Å². The van der Waals surface area contributed by atoms with Crippen LogP contribution in [0.25, 0.3) is 0 Å². The predicted molar refractivity (Wildman–Crippen MR) is 100 cm³/mol. The van der Waals surface area contributed by atoms with Gasteiger partial charge in [-0.2, -0.15) is 0 Å². The van der Waals surface area contributed by atoms with Gasteiger partial charge in [0.1, 0.15) is 17.8 Å². The second-order valence-corrected chi connectivity index (χ2v) is 6.58. The molecule has 2 N–H and O–H groups in total. The van der Waals surface area contributed by atoms with E-state index in [-0.39, 0.29) is 11.8 Å². The van der Waals surface area contributed by atoms with Crippen LogP contribution in [-0.2, 0) is 22.4 Å². The number of carbonyl (C=O) groups is 2. The predicted octanol–water partition coefficient (Wildman–Crippen LogP) is 1.42.